The summed E-state index contributed by atoms with van der Waals surface area (Å²) in [5.41, 5.74) is 7.99. The van der Waals surface area contributed by atoms with Crippen LogP contribution >= 0.6 is 0 Å². The van der Waals surface area contributed by atoms with Crippen LogP contribution in [0.4, 0.5) is 0 Å². The number of ketones is 1. The van der Waals surface area contributed by atoms with Crippen molar-refractivity contribution in [2.75, 3.05) is 6.54 Å². The molecule has 0 saturated heterocycles. The van der Waals surface area contributed by atoms with E-state index in [0.717, 1.165) is 19.3 Å². The minimum absolute atomic E-state index is 0.150. The van der Waals surface area contributed by atoms with Crippen molar-refractivity contribution < 1.29 is 4.79 Å². The second-order valence-electron chi connectivity index (χ2n) is 3.39. The SMILES string of the molecule is CC(C)C(=O)CCCCCN=[N+]=[N-]. The molecule has 0 heterocycles. The predicted molar refractivity (Wildman–Crippen MR) is 52.3 cm³/mol. The summed E-state index contributed by atoms with van der Waals surface area (Å²) in [4.78, 5) is 13.8. The fraction of sp³-hybridized carbons (Fsp3) is 0.889. The Bertz CT molecular complexity index is 195. The molecule has 13 heavy (non-hydrogen) atoms. The lowest BCUT2D eigenvalue weighted by Gasteiger charge is -2.02. The quantitative estimate of drug-likeness (QED) is 0.259. The maximum absolute atomic E-state index is 11.1. The zero-order chi connectivity index (χ0) is 10.1. The van der Waals surface area contributed by atoms with Crippen LogP contribution in [-0.4, -0.2) is 12.3 Å². The summed E-state index contributed by atoms with van der Waals surface area (Å²) in [6, 6.07) is 0. The molecule has 0 aromatic heterocycles. The molecule has 0 aromatic carbocycles. The maximum atomic E-state index is 11.1. The standard InChI is InChI=1S/C9H17N3O/c1-8(2)9(13)6-4-3-5-7-11-12-10/h8H,3-7H2,1-2H3. The molecule has 4 heteroatoms. The van der Waals surface area contributed by atoms with Crippen LogP contribution in [-0.2, 0) is 4.79 Å². The average molecular weight is 183 g/mol. The van der Waals surface area contributed by atoms with E-state index in [1.807, 2.05) is 13.8 Å². The Kier molecular flexibility index (Phi) is 7.02. The first-order valence-electron chi connectivity index (χ1n) is 4.72. The fourth-order valence-electron chi connectivity index (χ4n) is 0.992. The Morgan fingerprint density at radius 1 is 1.38 bits per heavy atom. The lowest BCUT2D eigenvalue weighted by atomic mass is 10.0. The van der Waals surface area contributed by atoms with Gasteiger partial charge >= 0.3 is 0 Å². The summed E-state index contributed by atoms with van der Waals surface area (Å²) in [6.07, 6.45) is 3.43. The molecule has 0 fully saturated rings. The molecule has 74 valence electrons. The zero-order valence-electron chi connectivity index (χ0n) is 8.36. The van der Waals surface area contributed by atoms with E-state index in [1.165, 1.54) is 0 Å². The van der Waals surface area contributed by atoms with E-state index in [9.17, 15) is 4.79 Å². The van der Waals surface area contributed by atoms with Gasteiger partial charge in [-0.3, -0.25) is 4.79 Å². The van der Waals surface area contributed by atoms with E-state index in [-0.39, 0.29) is 5.92 Å². The van der Waals surface area contributed by atoms with Gasteiger partial charge < -0.3 is 0 Å². The van der Waals surface area contributed by atoms with Crippen LogP contribution in [0.2, 0.25) is 0 Å². The topological polar surface area (TPSA) is 65.8 Å². The highest BCUT2D eigenvalue weighted by atomic mass is 16.1. The number of Topliss-reactive ketones (excluding diaryl/α,β-unsaturated/α-hetero) is 1. The summed E-state index contributed by atoms with van der Waals surface area (Å²) in [5.74, 6) is 0.473. The molecular weight excluding hydrogens is 166 g/mol. The van der Waals surface area contributed by atoms with Gasteiger partial charge in [0.15, 0.2) is 0 Å². The number of hydrogen-bond donors (Lipinski definition) is 0. The number of nitrogens with zero attached hydrogens (tertiary/aromatic N) is 3. The van der Waals surface area contributed by atoms with Gasteiger partial charge in [0.05, 0.1) is 0 Å². The van der Waals surface area contributed by atoms with Gasteiger partial charge in [-0.1, -0.05) is 25.4 Å². The van der Waals surface area contributed by atoms with Gasteiger partial charge in [-0.2, -0.15) is 0 Å². The molecule has 0 amide bonds. The van der Waals surface area contributed by atoms with Crippen LogP contribution < -0.4 is 0 Å². The molecule has 0 aromatic rings. The van der Waals surface area contributed by atoms with Crippen LogP contribution in [0.1, 0.15) is 39.5 Å². The van der Waals surface area contributed by atoms with E-state index in [2.05, 4.69) is 10.0 Å². The van der Waals surface area contributed by atoms with Gasteiger partial charge in [-0.25, -0.2) is 0 Å². The van der Waals surface area contributed by atoms with Crippen molar-refractivity contribution >= 4 is 5.78 Å². The minimum atomic E-state index is 0.150. The highest BCUT2D eigenvalue weighted by molar-refractivity contribution is 5.80. The number of azide groups is 1. The first-order valence-corrected chi connectivity index (χ1v) is 4.72. The smallest absolute Gasteiger partial charge is 0.135 e. The third kappa shape index (κ3) is 7.34. The predicted octanol–water partition coefficient (Wildman–Crippen LogP) is 3.08. The van der Waals surface area contributed by atoms with Crippen LogP contribution in [0.15, 0.2) is 5.11 Å². The molecule has 0 bridgehead atoms. The van der Waals surface area contributed by atoms with E-state index in [1.54, 1.807) is 0 Å². The number of rotatable bonds is 7. The highest BCUT2D eigenvalue weighted by Gasteiger charge is 2.05. The summed E-state index contributed by atoms with van der Waals surface area (Å²) in [6.45, 7) is 4.39. The molecule has 0 spiro atoms. The van der Waals surface area contributed by atoms with Crippen molar-refractivity contribution in [3.8, 4) is 0 Å². The summed E-state index contributed by atoms with van der Waals surface area (Å²) in [5, 5.41) is 3.42. The number of unbranched alkanes of at least 4 members (excludes halogenated alkanes) is 2. The minimum Gasteiger partial charge on any atom is -0.299 e. The fourth-order valence-corrected chi connectivity index (χ4v) is 0.992. The zero-order valence-corrected chi connectivity index (χ0v) is 8.36. The van der Waals surface area contributed by atoms with Crippen molar-refractivity contribution in [1.82, 2.24) is 0 Å². The average Bonchev–Trinajstić information content (AvgIpc) is 2.10. The molecule has 0 aliphatic heterocycles. The number of carbonyl (C=O) groups is 1. The van der Waals surface area contributed by atoms with Gasteiger partial charge in [-0.05, 0) is 18.4 Å². The normalized spacial score (nSPS) is 9.77. The molecule has 0 aliphatic rings. The number of hydrogen-bond acceptors (Lipinski definition) is 2. The summed E-state index contributed by atoms with van der Waals surface area (Å²) in [7, 11) is 0. The largest absolute Gasteiger partial charge is 0.299 e. The summed E-state index contributed by atoms with van der Waals surface area (Å²) >= 11 is 0. The Morgan fingerprint density at radius 3 is 2.62 bits per heavy atom. The lowest BCUT2D eigenvalue weighted by molar-refractivity contribution is -0.122. The van der Waals surface area contributed by atoms with Crippen molar-refractivity contribution in [1.29, 1.82) is 0 Å². The Balaban J connectivity index is 3.25. The molecule has 0 N–H and O–H groups in total. The molecule has 4 nitrogen and oxygen atoms in total. The first-order chi connectivity index (χ1) is 6.18. The van der Waals surface area contributed by atoms with Gasteiger partial charge in [0.2, 0.25) is 0 Å². The molecule has 0 atom stereocenters. The van der Waals surface area contributed by atoms with Crippen LogP contribution in [0.5, 0.6) is 0 Å². The molecule has 0 rings (SSSR count). The maximum Gasteiger partial charge on any atom is 0.135 e. The van der Waals surface area contributed by atoms with Crippen molar-refractivity contribution in [3.63, 3.8) is 0 Å². The monoisotopic (exact) mass is 183 g/mol. The van der Waals surface area contributed by atoms with Crippen molar-refractivity contribution in [2.24, 2.45) is 11.0 Å². The first kappa shape index (κ1) is 12.0. The highest BCUT2D eigenvalue weighted by Crippen LogP contribution is 2.05. The molecule has 0 saturated carbocycles. The van der Waals surface area contributed by atoms with Gasteiger partial charge in [-0.15, -0.1) is 0 Å². The van der Waals surface area contributed by atoms with Crippen LogP contribution in [0.25, 0.3) is 10.4 Å². The third-order valence-corrected chi connectivity index (χ3v) is 1.89. The van der Waals surface area contributed by atoms with E-state index in [0.29, 0.717) is 18.7 Å². The second-order valence-corrected chi connectivity index (χ2v) is 3.39. The Labute approximate surface area is 79.0 Å². The van der Waals surface area contributed by atoms with Crippen LogP contribution in [0.3, 0.4) is 0 Å². The van der Waals surface area contributed by atoms with E-state index >= 15 is 0 Å². The molecule has 0 unspecified atom stereocenters. The van der Waals surface area contributed by atoms with E-state index < -0.39 is 0 Å². The number of carbonyl (C=O) groups excluding carboxylic acids is 1. The second kappa shape index (κ2) is 7.62. The van der Waals surface area contributed by atoms with Gasteiger partial charge in [0.1, 0.15) is 5.78 Å². The Morgan fingerprint density at radius 2 is 2.08 bits per heavy atom. The van der Waals surface area contributed by atoms with Crippen molar-refractivity contribution in [3.05, 3.63) is 10.4 Å². The Hall–Kier alpha value is -1.02. The van der Waals surface area contributed by atoms with Crippen LogP contribution in [0, 0.1) is 5.92 Å². The third-order valence-electron chi connectivity index (χ3n) is 1.89. The van der Waals surface area contributed by atoms with E-state index in [4.69, 9.17) is 5.53 Å². The van der Waals surface area contributed by atoms with Crippen molar-refractivity contribution in [2.45, 2.75) is 39.5 Å². The molecule has 0 aliphatic carbocycles. The molecule has 0 radical (unpaired) electrons. The lowest BCUT2D eigenvalue weighted by Crippen LogP contribution is -2.06. The molecular formula is C9H17N3O. The summed E-state index contributed by atoms with van der Waals surface area (Å²) < 4.78 is 0. The van der Waals surface area contributed by atoms with Gasteiger partial charge in [0, 0.05) is 23.8 Å². The van der Waals surface area contributed by atoms with Gasteiger partial charge in [0.25, 0.3) is 0 Å².